The minimum absolute atomic E-state index is 0.00148. The summed E-state index contributed by atoms with van der Waals surface area (Å²) in [6.45, 7) is 5.91. The van der Waals surface area contributed by atoms with E-state index in [0.29, 0.717) is 6.42 Å². The molecule has 0 aliphatic heterocycles. The first kappa shape index (κ1) is 15.5. The molecular weight excluding hydrogens is 264 g/mol. The number of carbonyl (C=O) groups excluding carboxylic acids is 2. The van der Waals surface area contributed by atoms with Crippen LogP contribution in [0.5, 0.6) is 0 Å². The zero-order valence-electron chi connectivity index (χ0n) is 13.0. The van der Waals surface area contributed by atoms with Crippen LogP contribution in [0.2, 0.25) is 0 Å². The first-order valence-corrected chi connectivity index (χ1v) is 7.73. The Kier molecular flexibility index (Phi) is 4.66. The van der Waals surface area contributed by atoms with E-state index in [4.69, 9.17) is 0 Å². The molecule has 2 N–H and O–H groups in total. The van der Waals surface area contributed by atoms with Crippen LogP contribution in [0.25, 0.3) is 0 Å². The molecule has 2 rings (SSSR count). The standard InChI is InChI=1S/C17H24N2O2/c1-4-12(3)18-16(21)17(10-11-17)13-6-8-14(9-7-13)19-15(20)5-2/h6-9,12H,4-5,10-11H2,1-3H3,(H,18,21)(H,19,20). The second-order valence-corrected chi connectivity index (χ2v) is 5.84. The summed E-state index contributed by atoms with van der Waals surface area (Å²) in [6, 6.07) is 7.86. The third-order valence-corrected chi connectivity index (χ3v) is 4.22. The highest BCUT2D eigenvalue weighted by molar-refractivity contribution is 5.92. The molecule has 0 spiro atoms. The van der Waals surface area contributed by atoms with Gasteiger partial charge in [-0.15, -0.1) is 0 Å². The normalized spacial score (nSPS) is 16.9. The molecule has 1 unspecified atom stereocenters. The molecule has 1 saturated carbocycles. The van der Waals surface area contributed by atoms with Gasteiger partial charge in [0.1, 0.15) is 0 Å². The molecule has 0 radical (unpaired) electrons. The van der Waals surface area contributed by atoms with Crippen molar-refractivity contribution in [3.8, 4) is 0 Å². The van der Waals surface area contributed by atoms with Crippen LogP contribution in [0.3, 0.4) is 0 Å². The zero-order chi connectivity index (χ0) is 15.5. The number of amides is 2. The van der Waals surface area contributed by atoms with E-state index in [0.717, 1.165) is 30.5 Å². The van der Waals surface area contributed by atoms with Gasteiger partial charge < -0.3 is 10.6 Å². The summed E-state index contributed by atoms with van der Waals surface area (Å²) in [5.74, 6) is 0.126. The highest BCUT2D eigenvalue weighted by Gasteiger charge is 2.51. The van der Waals surface area contributed by atoms with Crippen molar-refractivity contribution in [1.82, 2.24) is 5.32 Å². The summed E-state index contributed by atoms with van der Waals surface area (Å²) in [4.78, 5) is 23.8. The molecule has 1 aliphatic carbocycles. The second-order valence-electron chi connectivity index (χ2n) is 5.84. The maximum atomic E-state index is 12.4. The van der Waals surface area contributed by atoms with Crippen LogP contribution in [0.1, 0.15) is 52.0 Å². The van der Waals surface area contributed by atoms with E-state index < -0.39 is 0 Å². The van der Waals surface area contributed by atoms with Crippen LogP contribution in [-0.4, -0.2) is 17.9 Å². The molecule has 0 heterocycles. The third-order valence-electron chi connectivity index (χ3n) is 4.22. The number of nitrogens with one attached hydrogen (secondary N) is 2. The van der Waals surface area contributed by atoms with Crippen molar-refractivity contribution >= 4 is 17.5 Å². The van der Waals surface area contributed by atoms with E-state index in [-0.39, 0.29) is 23.3 Å². The van der Waals surface area contributed by atoms with Gasteiger partial charge in [0, 0.05) is 18.2 Å². The van der Waals surface area contributed by atoms with E-state index >= 15 is 0 Å². The lowest BCUT2D eigenvalue weighted by molar-refractivity contribution is -0.124. The number of benzene rings is 1. The molecule has 1 atom stereocenters. The van der Waals surface area contributed by atoms with Crippen molar-refractivity contribution in [1.29, 1.82) is 0 Å². The fourth-order valence-corrected chi connectivity index (χ4v) is 2.36. The van der Waals surface area contributed by atoms with Gasteiger partial charge in [-0.2, -0.15) is 0 Å². The van der Waals surface area contributed by atoms with Crippen LogP contribution in [-0.2, 0) is 15.0 Å². The van der Waals surface area contributed by atoms with Crippen molar-refractivity contribution in [2.45, 2.75) is 57.9 Å². The molecule has 0 bridgehead atoms. The minimum Gasteiger partial charge on any atom is -0.353 e. The third kappa shape index (κ3) is 3.43. The predicted molar refractivity (Wildman–Crippen MR) is 84.2 cm³/mol. The number of rotatable bonds is 6. The van der Waals surface area contributed by atoms with Crippen molar-refractivity contribution in [3.05, 3.63) is 29.8 Å². The molecule has 4 nitrogen and oxygen atoms in total. The summed E-state index contributed by atoms with van der Waals surface area (Å²) in [6.07, 6.45) is 3.19. The Balaban J connectivity index is 2.07. The van der Waals surface area contributed by atoms with Gasteiger partial charge in [-0.25, -0.2) is 0 Å². The number of carbonyl (C=O) groups is 2. The molecule has 1 aliphatic rings. The number of hydrogen-bond acceptors (Lipinski definition) is 2. The van der Waals surface area contributed by atoms with Crippen LogP contribution >= 0.6 is 0 Å². The van der Waals surface area contributed by atoms with Crippen LogP contribution in [0, 0.1) is 0 Å². The fourth-order valence-electron chi connectivity index (χ4n) is 2.36. The van der Waals surface area contributed by atoms with Gasteiger partial charge in [0.2, 0.25) is 11.8 Å². The molecule has 1 aromatic rings. The lowest BCUT2D eigenvalue weighted by atomic mass is 9.94. The van der Waals surface area contributed by atoms with E-state index in [9.17, 15) is 9.59 Å². The average Bonchev–Trinajstić information content (AvgIpc) is 3.29. The highest BCUT2D eigenvalue weighted by Crippen LogP contribution is 2.48. The van der Waals surface area contributed by atoms with E-state index in [1.807, 2.05) is 38.1 Å². The maximum absolute atomic E-state index is 12.4. The van der Waals surface area contributed by atoms with E-state index in [2.05, 4.69) is 17.6 Å². The van der Waals surface area contributed by atoms with Crippen molar-refractivity contribution in [2.24, 2.45) is 0 Å². The topological polar surface area (TPSA) is 58.2 Å². The average molecular weight is 288 g/mol. The second kappa shape index (κ2) is 6.29. The van der Waals surface area contributed by atoms with Gasteiger partial charge in [-0.3, -0.25) is 9.59 Å². The zero-order valence-corrected chi connectivity index (χ0v) is 13.0. The van der Waals surface area contributed by atoms with E-state index in [1.165, 1.54) is 0 Å². The Morgan fingerprint density at radius 1 is 1.19 bits per heavy atom. The predicted octanol–water partition coefficient (Wildman–Crippen LogP) is 2.98. The van der Waals surface area contributed by atoms with Gasteiger partial charge >= 0.3 is 0 Å². The van der Waals surface area contributed by atoms with Crippen molar-refractivity contribution in [2.75, 3.05) is 5.32 Å². The Labute approximate surface area is 126 Å². The molecule has 2 amide bonds. The molecule has 114 valence electrons. The van der Waals surface area contributed by atoms with Gasteiger partial charge in [-0.1, -0.05) is 26.0 Å². The summed E-state index contributed by atoms with van der Waals surface area (Å²) in [7, 11) is 0. The highest BCUT2D eigenvalue weighted by atomic mass is 16.2. The molecule has 4 heteroatoms. The molecule has 0 saturated heterocycles. The van der Waals surface area contributed by atoms with E-state index in [1.54, 1.807) is 0 Å². The monoisotopic (exact) mass is 288 g/mol. The molecule has 0 aromatic heterocycles. The molecule has 21 heavy (non-hydrogen) atoms. The lowest BCUT2D eigenvalue weighted by Crippen LogP contribution is -2.39. The molecule has 1 aromatic carbocycles. The van der Waals surface area contributed by atoms with Crippen LogP contribution in [0.15, 0.2) is 24.3 Å². The summed E-state index contributed by atoms with van der Waals surface area (Å²) >= 11 is 0. The largest absolute Gasteiger partial charge is 0.353 e. The summed E-state index contributed by atoms with van der Waals surface area (Å²) in [5, 5.41) is 5.90. The summed E-state index contributed by atoms with van der Waals surface area (Å²) < 4.78 is 0. The number of hydrogen-bond donors (Lipinski definition) is 2. The van der Waals surface area contributed by atoms with Gasteiger partial charge in [0.15, 0.2) is 0 Å². The lowest BCUT2D eigenvalue weighted by Gasteiger charge is -2.19. The summed E-state index contributed by atoms with van der Waals surface area (Å²) in [5.41, 5.74) is 1.47. The maximum Gasteiger partial charge on any atom is 0.230 e. The minimum atomic E-state index is -0.350. The fraction of sp³-hybridized carbons (Fsp3) is 0.529. The van der Waals surface area contributed by atoms with Crippen molar-refractivity contribution < 1.29 is 9.59 Å². The Morgan fingerprint density at radius 3 is 2.29 bits per heavy atom. The first-order chi connectivity index (χ1) is 10.0. The first-order valence-electron chi connectivity index (χ1n) is 7.73. The number of anilines is 1. The van der Waals surface area contributed by atoms with Crippen LogP contribution < -0.4 is 10.6 Å². The smallest absolute Gasteiger partial charge is 0.230 e. The quantitative estimate of drug-likeness (QED) is 0.845. The Morgan fingerprint density at radius 2 is 1.81 bits per heavy atom. The van der Waals surface area contributed by atoms with Gasteiger partial charge in [-0.05, 0) is 43.9 Å². The van der Waals surface area contributed by atoms with Gasteiger partial charge in [0.05, 0.1) is 5.41 Å². The Bertz CT molecular complexity index is 518. The SMILES string of the molecule is CCC(=O)Nc1ccc(C2(C(=O)NC(C)CC)CC2)cc1. The van der Waals surface area contributed by atoms with Gasteiger partial charge in [0.25, 0.3) is 0 Å². The van der Waals surface area contributed by atoms with Crippen LogP contribution in [0.4, 0.5) is 5.69 Å². The Hall–Kier alpha value is -1.84. The molecule has 1 fully saturated rings. The molecular formula is C17H24N2O2. The van der Waals surface area contributed by atoms with Crippen molar-refractivity contribution in [3.63, 3.8) is 0 Å².